The third kappa shape index (κ3) is 3.69. The fourth-order valence-electron chi connectivity index (χ4n) is 3.81. The van der Waals surface area contributed by atoms with E-state index in [0.717, 1.165) is 15.8 Å². The maximum atomic E-state index is 13.5. The van der Waals surface area contributed by atoms with Crippen LogP contribution in [0.3, 0.4) is 0 Å². The first-order valence-corrected chi connectivity index (χ1v) is 11.2. The van der Waals surface area contributed by atoms with Crippen molar-refractivity contribution < 1.29 is 9.59 Å². The number of aromatic nitrogens is 1. The summed E-state index contributed by atoms with van der Waals surface area (Å²) in [7, 11) is 0. The van der Waals surface area contributed by atoms with E-state index >= 15 is 0 Å². The minimum absolute atomic E-state index is 0.0485. The van der Waals surface area contributed by atoms with Crippen LogP contribution in [-0.2, 0) is 9.59 Å². The van der Waals surface area contributed by atoms with Crippen molar-refractivity contribution in [2.24, 2.45) is 15.9 Å². The van der Waals surface area contributed by atoms with Crippen molar-refractivity contribution in [3.05, 3.63) is 58.7 Å². The van der Waals surface area contributed by atoms with E-state index in [1.807, 2.05) is 84.9 Å². The summed E-state index contributed by atoms with van der Waals surface area (Å²) in [4.78, 5) is 31.3. The van der Waals surface area contributed by atoms with Crippen molar-refractivity contribution in [3.63, 3.8) is 0 Å². The molecule has 1 aromatic carbocycles. The Hall–Kier alpha value is -2.86. The molecule has 2 heterocycles. The monoisotopic (exact) mass is 433 g/mol. The minimum atomic E-state index is -0.340. The molecule has 1 aliphatic carbocycles. The third-order valence-electron chi connectivity index (χ3n) is 5.48. The number of para-hydroxylation sites is 1. The van der Waals surface area contributed by atoms with Crippen molar-refractivity contribution in [1.29, 1.82) is 0 Å². The van der Waals surface area contributed by atoms with Gasteiger partial charge in [-0.3, -0.25) is 9.59 Å². The zero-order valence-electron chi connectivity index (χ0n) is 19.0. The third-order valence-corrected chi connectivity index (χ3v) is 6.49. The number of hydrazone groups is 1. The number of allylic oxidation sites excluding steroid dienone is 5. The summed E-state index contributed by atoms with van der Waals surface area (Å²) in [6.07, 6.45) is 3.73. The standard InChI is InChI=1S/C25H27N3O2S/c1-14-20(15-12-16(24(2,3)4)21(29)17(13-15)25(5,6)7)22(30)28(27-14)23-26-18-10-8-9-11-19(18)31-23/h8-13H,1-7H3. The van der Waals surface area contributed by atoms with Gasteiger partial charge in [0.2, 0.25) is 5.13 Å². The lowest BCUT2D eigenvalue weighted by Gasteiger charge is -2.31. The molecule has 0 spiro atoms. The van der Waals surface area contributed by atoms with Crippen LogP contribution in [0.2, 0.25) is 0 Å². The van der Waals surface area contributed by atoms with Crippen LogP contribution in [0, 0.1) is 10.8 Å². The van der Waals surface area contributed by atoms with E-state index in [0.29, 0.717) is 27.6 Å². The Morgan fingerprint density at radius 1 is 0.903 bits per heavy atom. The van der Waals surface area contributed by atoms with Crippen molar-refractivity contribution in [2.45, 2.75) is 48.5 Å². The lowest BCUT2D eigenvalue weighted by atomic mass is 9.71. The number of ketones is 1. The average molecular weight is 434 g/mol. The molecule has 0 N–H and O–H groups in total. The van der Waals surface area contributed by atoms with Gasteiger partial charge in [0, 0.05) is 11.1 Å². The molecule has 2 aliphatic rings. The summed E-state index contributed by atoms with van der Waals surface area (Å²) in [5.41, 5.74) is 3.47. The molecule has 0 saturated heterocycles. The Kier molecular flexibility index (Phi) is 4.89. The number of carbonyl (C=O) groups is 2. The van der Waals surface area contributed by atoms with Crippen molar-refractivity contribution in [2.75, 3.05) is 5.01 Å². The lowest BCUT2D eigenvalue weighted by molar-refractivity contribution is -0.115. The second-order valence-corrected chi connectivity index (χ2v) is 11.1. The smallest absolute Gasteiger partial charge is 0.283 e. The van der Waals surface area contributed by atoms with Crippen LogP contribution in [0.15, 0.2) is 63.8 Å². The highest BCUT2D eigenvalue weighted by molar-refractivity contribution is 7.22. The number of Topliss-reactive ketones (excluding diaryl/α,β-unsaturated/α-hetero) is 1. The number of anilines is 1. The molecule has 0 radical (unpaired) electrons. The first kappa shape index (κ1) is 21.4. The highest BCUT2D eigenvalue weighted by Crippen LogP contribution is 2.41. The molecule has 160 valence electrons. The molecule has 2 aromatic rings. The Balaban J connectivity index is 1.86. The van der Waals surface area contributed by atoms with Gasteiger partial charge in [-0.05, 0) is 47.6 Å². The van der Waals surface area contributed by atoms with Gasteiger partial charge in [0.15, 0.2) is 5.78 Å². The number of carbonyl (C=O) groups excluding carboxylic acids is 2. The zero-order valence-corrected chi connectivity index (χ0v) is 19.8. The molecule has 5 nitrogen and oxygen atoms in total. The summed E-state index contributed by atoms with van der Waals surface area (Å²) in [6.45, 7) is 14.0. The van der Waals surface area contributed by atoms with Crippen LogP contribution in [0.1, 0.15) is 48.5 Å². The first-order chi connectivity index (χ1) is 14.4. The largest absolute Gasteiger partial charge is 0.289 e. The van der Waals surface area contributed by atoms with Crippen LogP contribution in [0.25, 0.3) is 10.2 Å². The number of rotatable bonds is 1. The SMILES string of the molecule is CC1=NN(c2nc3ccccc3s2)C(=O)C1=C1C=C(C(C)(C)C)C(=O)C(C(C)(C)C)=C1. The normalized spacial score (nSPS) is 18.0. The van der Waals surface area contributed by atoms with E-state index in [2.05, 4.69) is 10.1 Å². The Bertz CT molecular complexity index is 1170. The Morgan fingerprint density at radius 2 is 1.48 bits per heavy atom. The molecular formula is C25H27N3O2S. The highest BCUT2D eigenvalue weighted by Gasteiger charge is 2.38. The Morgan fingerprint density at radius 3 is 2.03 bits per heavy atom. The molecule has 6 heteroatoms. The molecular weight excluding hydrogens is 406 g/mol. The average Bonchev–Trinajstić information content (AvgIpc) is 3.21. The van der Waals surface area contributed by atoms with E-state index < -0.39 is 0 Å². The lowest BCUT2D eigenvalue weighted by Crippen LogP contribution is -2.29. The number of benzene rings is 1. The van der Waals surface area contributed by atoms with Crippen LogP contribution in [0.4, 0.5) is 5.13 Å². The molecule has 0 atom stereocenters. The summed E-state index contributed by atoms with van der Waals surface area (Å²) in [5, 5.41) is 6.46. The number of hydrogen-bond donors (Lipinski definition) is 0. The summed E-state index contributed by atoms with van der Waals surface area (Å²) >= 11 is 1.44. The van der Waals surface area contributed by atoms with Crippen LogP contribution >= 0.6 is 11.3 Å². The number of thiazole rings is 1. The predicted octanol–water partition coefficient (Wildman–Crippen LogP) is 5.84. The second-order valence-electron chi connectivity index (χ2n) is 10.0. The van der Waals surface area contributed by atoms with E-state index in [1.54, 1.807) is 0 Å². The number of fused-ring (bicyclic) bond motifs is 1. The zero-order chi connectivity index (χ0) is 22.7. The van der Waals surface area contributed by atoms with E-state index in [4.69, 9.17) is 0 Å². The molecule has 0 saturated carbocycles. The maximum absolute atomic E-state index is 13.5. The number of amides is 1. The first-order valence-electron chi connectivity index (χ1n) is 10.4. The molecule has 4 rings (SSSR count). The summed E-state index contributed by atoms with van der Waals surface area (Å²) in [5.74, 6) is -0.164. The molecule has 1 amide bonds. The fraction of sp³-hybridized carbons (Fsp3) is 0.360. The summed E-state index contributed by atoms with van der Waals surface area (Å²) < 4.78 is 1.01. The van der Waals surface area contributed by atoms with Gasteiger partial charge in [0.1, 0.15) is 0 Å². The van der Waals surface area contributed by atoms with Crippen molar-refractivity contribution in [3.8, 4) is 0 Å². The van der Waals surface area contributed by atoms with Crippen molar-refractivity contribution in [1.82, 2.24) is 4.98 Å². The van der Waals surface area contributed by atoms with Gasteiger partial charge in [0.25, 0.3) is 5.91 Å². The van der Waals surface area contributed by atoms with Crippen molar-refractivity contribution >= 4 is 44.1 Å². The molecule has 1 aromatic heterocycles. The van der Waals surface area contributed by atoms with Gasteiger partial charge in [-0.15, -0.1) is 0 Å². The predicted molar refractivity (Wildman–Crippen MR) is 127 cm³/mol. The molecule has 0 fully saturated rings. The van der Waals surface area contributed by atoms with E-state index in [1.165, 1.54) is 16.3 Å². The molecule has 1 aliphatic heterocycles. The molecule has 31 heavy (non-hydrogen) atoms. The summed E-state index contributed by atoms with van der Waals surface area (Å²) in [6, 6.07) is 7.79. The number of nitrogens with zero attached hydrogens (tertiary/aromatic N) is 3. The quantitative estimate of drug-likeness (QED) is 0.531. The Labute approximate surface area is 186 Å². The van der Waals surface area contributed by atoms with Crippen LogP contribution in [0.5, 0.6) is 0 Å². The maximum Gasteiger partial charge on any atom is 0.283 e. The molecule has 0 bridgehead atoms. The minimum Gasteiger partial charge on any atom is -0.289 e. The van der Waals surface area contributed by atoms with Gasteiger partial charge in [0.05, 0.1) is 21.5 Å². The van der Waals surface area contributed by atoms with E-state index in [-0.39, 0.29) is 22.5 Å². The fourth-order valence-corrected chi connectivity index (χ4v) is 4.72. The van der Waals surface area contributed by atoms with Gasteiger partial charge >= 0.3 is 0 Å². The van der Waals surface area contributed by atoms with Gasteiger partial charge in [-0.2, -0.15) is 10.1 Å². The topological polar surface area (TPSA) is 62.6 Å². The van der Waals surface area contributed by atoms with Gasteiger partial charge in [-0.25, -0.2) is 4.98 Å². The highest BCUT2D eigenvalue weighted by atomic mass is 32.1. The van der Waals surface area contributed by atoms with Crippen LogP contribution in [-0.4, -0.2) is 22.4 Å². The van der Waals surface area contributed by atoms with Gasteiger partial charge in [-0.1, -0.05) is 65.0 Å². The van der Waals surface area contributed by atoms with E-state index in [9.17, 15) is 9.59 Å². The molecule has 0 unspecified atom stereocenters. The van der Waals surface area contributed by atoms with Gasteiger partial charge < -0.3 is 0 Å². The van der Waals surface area contributed by atoms with Crippen LogP contribution < -0.4 is 5.01 Å². The number of hydrogen-bond acceptors (Lipinski definition) is 5. The second kappa shape index (κ2) is 7.09.